The summed E-state index contributed by atoms with van der Waals surface area (Å²) in [5.41, 5.74) is 4.39. The van der Waals surface area contributed by atoms with Crippen LogP contribution < -0.4 is 5.73 Å². The van der Waals surface area contributed by atoms with E-state index in [-0.39, 0.29) is 18.9 Å². The highest BCUT2D eigenvalue weighted by atomic mass is 32.2. The van der Waals surface area contributed by atoms with Crippen LogP contribution in [0.15, 0.2) is 0 Å². The van der Waals surface area contributed by atoms with Gasteiger partial charge in [0.05, 0.1) is 12.4 Å². The molecule has 3 saturated heterocycles. The van der Waals surface area contributed by atoms with Crippen LogP contribution >= 0.6 is 11.8 Å². The van der Waals surface area contributed by atoms with E-state index in [1.807, 2.05) is 0 Å². The highest BCUT2D eigenvalue weighted by Crippen LogP contribution is 2.40. The number of nitrogens with zero attached hydrogens (tertiary/aromatic N) is 1. The van der Waals surface area contributed by atoms with Crippen molar-refractivity contribution in [3.63, 3.8) is 0 Å². The van der Waals surface area contributed by atoms with Gasteiger partial charge in [0.2, 0.25) is 5.91 Å². The standard InChI is InChI=1S/C10H14N2O6S/c11-2-10-3-17-8(18-10)5(6(14)7(10)15)12-4(13)1-19-9(12)16/h5-8,14-15H,1-3,11H2/t5-,6-,7-,8?,10+/m1/s1. The maximum atomic E-state index is 11.7. The van der Waals surface area contributed by atoms with Crippen LogP contribution in [0, 0.1) is 0 Å². The lowest BCUT2D eigenvalue weighted by Gasteiger charge is -2.44. The minimum absolute atomic E-state index is 0.0201. The SMILES string of the molecule is NC[C@@]12COC(O1)[C@H](N1C(=O)CSC1=O)[C@@H](O)[C@H]2O. The summed E-state index contributed by atoms with van der Waals surface area (Å²) in [6, 6.07) is -1.04. The molecule has 0 aromatic heterocycles. The smallest absolute Gasteiger partial charge is 0.289 e. The fraction of sp³-hybridized carbons (Fsp3) is 0.800. The van der Waals surface area contributed by atoms with Gasteiger partial charge in [0.1, 0.15) is 23.9 Å². The maximum absolute atomic E-state index is 11.7. The van der Waals surface area contributed by atoms with Gasteiger partial charge in [0, 0.05) is 6.54 Å². The molecule has 4 N–H and O–H groups in total. The van der Waals surface area contributed by atoms with Crippen LogP contribution in [-0.2, 0) is 14.3 Å². The fourth-order valence-electron chi connectivity index (χ4n) is 2.66. The molecule has 8 nitrogen and oxygen atoms in total. The van der Waals surface area contributed by atoms with Crippen molar-refractivity contribution in [2.45, 2.75) is 30.1 Å². The summed E-state index contributed by atoms with van der Waals surface area (Å²) in [6.07, 6.45) is -3.60. The van der Waals surface area contributed by atoms with Crippen LogP contribution in [0.4, 0.5) is 4.79 Å². The lowest BCUT2D eigenvalue weighted by molar-refractivity contribution is -0.233. The molecule has 0 spiro atoms. The molecule has 0 radical (unpaired) electrons. The number of carbonyl (C=O) groups is 2. The molecule has 106 valence electrons. The number of thioether (sulfide) groups is 1. The van der Waals surface area contributed by atoms with Crippen molar-refractivity contribution in [2.75, 3.05) is 18.9 Å². The second-order valence-electron chi connectivity index (χ2n) is 4.81. The Kier molecular flexibility index (Phi) is 3.08. The van der Waals surface area contributed by atoms with E-state index in [0.717, 1.165) is 16.7 Å². The third kappa shape index (κ3) is 1.73. The maximum Gasteiger partial charge on any atom is 0.289 e. The van der Waals surface area contributed by atoms with Crippen LogP contribution in [-0.4, -0.2) is 75.3 Å². The Balaban J connectivity index is 1.92. The van der Waals surface area contributed by atoms with Crippen LogP contribution in [0.25, 0.3) is 0 Å². The number of ether oxygens (including phenoxy) is 2. The quantitative estimate of drug-likeness (QED) is 0.526. The molecule has 9 heteroatoms. The summed E-state index contributed by atoms with van der Waals surface area (Å²) in [5.74, 6) is -0.405. The predicted octanol–water partition coefficient (Wildman–Crippen LogP) is -2.14. The van der Waals surface area contributed by atoms with Gasteiger partial charge >= 0.3 is 0 Å². The van der Waals surface area contributed by atoms with Gasteiger partial charge < -0.3 is 25.4 Å². The van der Waals surface area contributed by atoms with Crippen LogP contribution in [0.2, 0.25) is 0 Å². The van der Waals surface area contributed by atoms with E-state index in [2.05, 4.69) is 0 Å². The van der Waals surface area contributed by atoms with Gasteiger partial charge in [0.15, 0.2) is 6.29 Å². The predicted molar refractivity (Wildman–Crippen MR) is 63.1 cm³/mol. The second-order valence-corrected chi connectivity index (χ2v) is 5.74. The van der Waals surface area contributed by atoms with E-state index in [4.69, 9.17) is 15.2 Å². The molecule has 2 bridgehead atoms. The van der Waals surface area contributed by atoms with E-state index < -0.39 is 41.3 Å². The van der Waals surface area contributed by atoms with Gasteiger partial charge in [-0.15, -0.1) is 0 Å². The van der Waals surface area contributed by atoms with Crippen LogP contribution in [0.5, 0.6) is 0 Å². The Morgan fingerprint density at radius 1 is 1.47 bits per heavy atom. The molecule has 3 rings (SSSR count). The van der Waals surface area contributed by atoms with Crippen LogP contribution in [0.1, 0.15) is 0 Å². The minimum atomic E-state index is -1.34. The first-order valence-corrected chi connectivity index (χ1v) is 6.83. The largest absolute Gasteiger partial charge is 0.388 e. The zero-order valence-electron chi connectivity index (χ0n) is 9.89. The van der Waals surface area contributed by atoms with E-state index >= 15 is 0 Å². The Morgan fingerprint density at radius 2 is 2.21 bits per heavy atom. The number of hydrogen-bond acceptors (Lipinski definition) is 8. The topological polar surface area (TPSA) is 122 Å². The van der Waals surface area contributed by atoms with Gasteiger partial charge in [-0.25, -0.2) is 0 Å². The van der Waals surface area contributed by atoms with Gasteiger partial charge in [0.25, 0.3) is 5.24 Å². The molecule has 0 saturated carbocycles. The first kappa shape index (κ1) is 13.3. The zero-order chi connectivity index (χ0) is 13.8. The summed E-state index contributed by atoms with van der Waals surface area (Å²) in [6.45, 7) is -0.00263. The number of amides is 2. The molecule has 1 unspecified atom stereocenters. The van der Waals surface area contributed by atoms with Gasteiger partial charge in [-0.1, -0.05) is 11.8 Å². The minimum Gasteiger partial charge on any atom is -0.388 e. The number of aliphatic hydroxyl groups excluding tert-OH is 2. The highest BCUT2D eigenvalue weighted by Gasteiger charge is 2.61. The third-order valence-corrected chi connectivity index (χ3v) is 4.60. The highest BCUT2D eigenvalue weighted by molar-refractivity contribution is 8.14. The summed E-state index contributed by atoms with van der Waals surface area (Å²) >= 11 is 0.850. The van der Waals surface area contributed by atoms with Crippen molar-refractivity contribution in [1.29, 1.82) is 0 Å². The van der Waals surface area contributed by atoms with Crippen LogP contribution in [0.3, 0.4) is 0 Å². The van der Waals surface area contributed by atoms with E-state index in [0.29, 0.717) is 0 Å². The first-order chi connectivity index (χ1) is 9.00. The van der Waals surface area contributed by atoms with Gasteiger partial charge in [-0.05, 0) is 0 Å². The first-order valence-electron chi connectivity index (χ1n) is 5.84. The van der Waals surface area contributed by atoms with Crippen molar-refractivity contribution >= 4 is 22.9 Å². The lowest BCUT2D eigenvalue weighted by atomic mass is 9.87. The number of nitrogens with two attached hydrogens (primary N) is 1. The number of carbonyl (C=O) groups excluding carboxylic acids is 2. The molecule has 0 aromatic carbocycles. The molecular weight excluding hydrogens is 276 g/mol. The van der Waals surface area contributed by atoms with Crippen molar-refractivity contribution in [1.82, 2.24) is 4.90 Å². The monoisotopic (exact) mass is 290 g/mol. The molecule has 0 aromatic rings. The molecular formula is C10H14N2O6S. The van der Waals surface area contributed by atoms with Crippen molar-refractivity contribution in [3.8, 4) is 0 Å². The molecule has 3 heterocycles. The average Bonchev–Trinajstić information content (AvgIpc) is 2.94. The Bertz CT molecular complexity index is 418. The molecule has 5 atom stereocenters. The Labute approximate surface area is 112 Å². The number of fused-ring (bicyclic) bond motifs is 2. The Hall–Kier alpha value is -0.710. The summed E-state index contributed by atoms with van der Waals surface area (Å²) < 4.78 is 10.9. The number of aliphatic hydroxyl groups is 2. The number of rotatable bonds is 2. The average molecular weight is 290 g/mol. The zero-order valence-corrected chi connectivity index (χ0v) is 10.7. The molecule has 2 amide bonds. The fourth-order valence-corrected chi connectivity index (χ4v) is 3.41. The van der Waals surface area contributed by atoms with Gasteiger partial charge in [-0.3, -0.25) is 14.5 Å². The lowest BCUT2D eigenvalue weighted by Crippen LogP contribution is -2.67. The number of imide groups is 1. The third-order valence-electron chi connectivity index (χ3n) is 3.76. The summed E-state index contributed by atoms with van der Waals surface area (Å²) in [7, 11) is 0. The molecule has 0 aliphatic carbocycles. The summed E-state index contributed by atoms with van der Waals surface area (Å²) in [5, 5.41) is 19.8. The van der Waals surface area contributed by atoms with E-state index in [1.54, 1.807) is 0 Å². The second kappa shape index (κ2) is 4.40. The molecule has 3 aliphatic rings. The van der Waals surface area contributed by atoms with Crippen molar-refractivity contribution in [2.24, 2.45) is 5.73 Å². The Morgan fingerprint density at radius 3 is 2.79 bits per heavy atom. The summed E-state index contributed by atoms with van der Waals surface area (Å²) in [4.78, 5) is 24.3. The number of hydrogen-bond donors (Lipinski definition) is 3. The molecule has 19 heavy (non-hydrogen) atoms. The molecule has 3 aliphatic heterocycles. The van der Waals surface area contributed by atoms with Crippen molar-refractivity contribution < 1.29 is 29.3 Å². The van der Waals surface area contributed by atoms with E-state index in [9.17, 15) is 19.8 Å². The normalized spacial score (nSPS) is 46.2. The van der Waals surface area contributed by atoms with E-state index in [1.165, 1.54) is 0 Å². The van der Waals surface area contributed by atoms with Gasteiger partial charge in [-0.2, -0.15) is 0 Å². The van der Waals surface area contributed by atoms with Crippen molar-refractivity contribution in [3.05, 3.63) is 0 Å². The molecule has 3 fully saturated rings.